The van der Waals surface area contributed by atoms with E-state index in [-0.39, 0.29) is 18.3 Å². The van der Waals surface area contributed by atoms with Gasteiger partial charge in [0.2, 0.25) is 5.91 Å². The van der Waals surface area contributed by atoms with Crippen molar-refractivity contribution in [2.75, 3.05) is 18.2 Å². The summed E-state index contributed by atoms with van der Waals surface area (Å²) in [6.07, 6.45) is 1.75. The standard InChI is InChI=1S/C29H30N4O4S2/c1-6-14-33-23(16-37-22-13-12-18(2)15-19(22)3)31-32-29(33)38-17-24(34)30-27-26(28(35)36-5)25(20(4)39-27)21-10-8-7-9-11-21/h6-13,15H,1,14,16-17H2,2-5H3,(H,30,34). The van der Waals surface area contributed by atoms with Crippen LogP contribution in [0.25, 0.3) is 11.1 Å². The summed E-state index contributed by atoms with van der Waals surface area (Å²) in [6, 6.07) is 15.6. The van der Waals surface area contributed by atoms with Gasteiger partial charge in [-0.25, -0.2) is 4.79 Å². The molecule has 2 heterocycles. The van der Waals surface area contributed by atoms with Crippen LogP contribution in [0, 0.1) is 20.8 Å². The maximum atomic E-state index is 13.0. The predicted molar refractivity (Wildman–Crippen MR) is 156 cm³/mol. The zero-order chi connectivity index (χ0) is 27.9. The fourth-order valence-corrected chi connectivity index (χ4v) is 5.97. The van der Waals surface area contributed by atoms with Crippen LogP contribution in [0.2, 0.25) is 0 Å². The molecule has 2 aromatic heterocycles. The lowest BCUT2D eigenvalue weighted by atomic mass is 10.0. The number of thiophene rings is 1. The lowest BCUT2D eigenvalue weighted by molar-refractivity contribution is -0.113. The Balaban J connectivity index is 1.47. The second-order valence-electron chi connectivity index (χ2n) is 8.79. The molecule has 0 aliphatic heterocycles. The van der Waals surface area contributed by atoms with E-state index < -0.39 is 5.97 Å². The minimum absolute atomic E-state index is 0.0748. The number of nitrogens with zero attached hydrogens (tertiary/aromatic N) is 3. The van der Waals surface area contributed by atoms with Gasteiger partial charge in [-0.05, 0) is 38.0 Å². The maximum absolute atomic E-state index is 13.0. The molecule has 4 aromatic rings. The number of carbonyl (C=O) groups is 2. The molecule has 0 aliphatic carbocycles. The number of rotatable bonds is 11. The Kier molecular flexibility index (Phi) is 9.21. The zero-order valence-corrected chi connectivity index (χ0v) is 23.9. The summed E-state index contributed by atoms with van der Waals surface area (Å²) < 4.78 is 12.9. The lowest BCUT2D eigenvalue weighted by Gasteiger charge is -2.11. The number of nitrogens with one attached hydrogen (secondary N) is 1. The Hall–Kier alpha value is -3.89. The number of methoxy groups -OCH3 is 1. The lowest BCUT2D eigenvalue weighted by Crippen LogP contribution is -2.16. The molecule has 39 heavy (non-hydrogen) atoms. The van der Waals surface area contributed by atoms with Crippen LogP contribution in [-0.4, -0.2) is 39.5 Å². The van der Waals surface area contributed by atoms with E-state index in [2.05, 4.69) is 28.2 Å². The van der Waals surface area contributed by atoms with Gasteiger partial charge >= 0.3 is 5.97 Å². The highest BCUT2D eigenvalue weighted by molar-refractivity contribution is 7.99. The zero-order valence-electron chi connectivity index (χ0n) is 22.3. The summed E-state index contributed by atoms with van der Waals surface area (Å²) in [5.41, 5.74) is 4.20. The molecular formula is C29H30N4O4S2. The highest BCUT2D eigenvalue weighted by atomic mass is 32.2. The maximum Gasteiger partial charge on any atom is 0.341 e. The van der Waals surface area contributed by atoms with Crippen LogP contribution >= 0.6 is 23.1 Å². The van der Waals surface area contributed by atoms with Crippen LogP contribution in [0.4, 0.5) is 5.00 Å². The number of esters is 1. The Morgan fingerprint density at radius 3 is 2.59 bits per heavy atom. The van der Waals surface area contributed by atoms with Gasteiger partial charge in [0.15, 0.2) is 11.0 Å². The largest absolute Gasteiger partial charge is 0.485 e. The van der Waals surface area contributed by atoms with Crippen molar-refractivity contribution in [3.63, 3.8) is 0 Å². The molecule has 0 saturated heterocycles. The van der Waals surface area contributed by atoms with Crippen molar-refractivity contribution in [2.24, 2.45) is 0 Å². The summed E-state index contributed by atoms with van der Waals surface area (Å²) in [4.78, 5) is 26.6. The van der Waals surface area contributed by atoms with E-state index >= 15 is 0 Å². The van der Waals surface area contributed by atoms with E-state index in [4.69, 9.17) is 9.47 Å². The number of hydrogen-bond donors (Lipinski definition) is 1. The van der Waals surface area contributed by atoms with E-state index in [1.54, 1.807) is 6.08 Å². The van der Waals surface area contributed by atoms with Gasteiger partial charge in [-0.15, -0.1) is 28.1 Å². The van der Waals surface area contributed by atoms with Crippen molar-refractivity contribution in [1.29, 1.82) is 0 Å². The minimum Gasteiger partial charge on any atom is -0.485 e. The number of anilines is 1. The van der Waals surface area contributed by atoms with Crippen LogP contribution in [0.3, 0.4) is 0 Å². The van der Waals surface area contributed by atoms with E-state index in [0.717, 1.165) is 27.3 Å². The first-order valence-corrected chi connectivity index (χ1v) is 14.0. The number of benzene rings is 2. The number of aryl methyl sites for hydroxylation is 3. The fraction of sp³-hybridized carbons (Fsp3) is 0.241. The average molecular weight is 563 g/mol. The summed E-state index contributed by atoms with van der Waals surface area (Å²) in [5, 5.41) is 12.5. The molecule has 4 rings (SSSR count). The van der Waals surface area contributed by atoms with E-state index in [9.17, 15) is 9.59 Å². The first-order valence-electron chi connectivity index (χ1n) is 12.2. The van der Waals surface area contributed by atoms with Crippen molar-refractivity contribution in [3.05, 3.63) is 88.6 Å². The molecule has 0 spiro atoms. The van der Waals surface area contributed by atoms with Crippen LogP contribution in [0.15, 0.2) is 66.3 Å². The molecule has 0 saturated carbocycles. The number of amides is 1. The molecule has 0 aliphatic rings. The van der Waals surface area contributed by atoms with E-state index in [1.807, 2.05) is 67.8 Å². The quantitative estimate of drug-likeness (QED) is 0.132. The van der Waals surface area contributed by atoms with Gasteiger partial charge in [0, 0.05) is 17.0 Å². The first kappa shape index (κ1) is 28.1. The van der Waals surface area contributed by atoms with Gasteiger partial charge < -0.3 is 14.8 Å². The third kappa shape index (κ3) is 6.58. The number of ether oxygens (including phenoxy) is 2. The SMILES string of the molecule is C=CCn1c(COc2ccc(C)cc2C)nnc1SCC(=O)Nc1sc(C)c(-c2ccccc2)c1C(=O)OC. The van der Waals surface area contributed by atoms with Crippen LogP contribution in [-0.2, 0) is 22.7 Å². The van der Waals surface area contributed by atoms with Crippen molar-refractivity contribution >= 4 is 40.0 Å². The van der Waals surface area contributed by atoms with Gasteiger partial charge in [-0.1, -0.05) is 65.9 Å². The molecule has 0 fully saturated rings. The molecule has 2 aromatic carbocycles. The number of thioether (sulfide) groups is 1. The smallest absolute Gasteiger partial charge is 0.341 e. The summed E-state index contributed by atoms with van der Waals surface area (Å²) in [6.45, 7) is 10.5. The highest BCUT2D eigenvalue weighted by Gasteiger charge is 2.25. The molecule has 0 unspecified atom stereocenters. The Labute approximate surface area is 236 Å². The number of carbonyl (C=O) groups excluding carboxylic acids is 2. The fourth-order valence-electron chi connectivity index (χ4n) is 4.12. The van der Waals surface area contributed by atoms with Gasteiger partial charge in [-0.3, -0.25) is 9.36 Å². The summed E-state index contributed by atoms with van der Waals surface area (Å²) >= 11 is 2.60. The highest BCUT2D eigenvalue weighted by Crippen LogP contribution is 2.40. The Bertz CT molecular complexity index is 1490. The number of aromatic nitrogens is 3. The Morgan fingerprint density at radius 2 is 1.90 bits per heavy atom. The number of hydrogen-bond acceptors (Lipinski definition) is 8. The molecule has 202 valence electrons. The predicted octanol–water partition coefficient (Wildman–Crippen LogP) is 6.21. The molecule has 0 atom stereocenters. The van der Waals surface area contributed by atoms with Crippen molar-refractivity contribution < 1.29 is 19.1 Å². The topological polar surface area (TPSA) is 95.3 Å². The molecule has 1 amide bonds. The third-order valence-electron chi connectivity index (χ3n) is 5.91. The van der Waals surface area contributed by atoms with Crippen LogP contribution < -0.4 is 10.1 Å². The van der Waals surface area contributed by atoms with E-state index in [0.29, 0.717) is 28.1 Å². The minimum atomic E-state index is -0.500. The second kappa shape index (κ2) is 12.8. The van der Waals surface area contributed by atoms with Crippen molar-refractivity contribution in [3.8, 4) is 16.9 Å². The van der Waals surface area contributed by atoms with E-state index in [1.165, 1.54) is 35.8 Å². The van der Waals surface area contributed by atoms with Gasteiger partial charge in [0.25, 0.3) is 0 Å². The van der Waals surface area contributed by atoms with Crippen molar-refractivity contribution in [1.82, 2.24) is 14.8 Å². The molecule has 10 heteroatoms. The monoisotopic (exact) mass is 562 g/mol. The second-order valence-corrected chi connectivity index (χ2v) is 11.0. The third-order valence-corrected chi connectivity index (χ3v) is 7.90. The van der Waals surface area contributed by atoms with Crippen LogP contribution in [0.1, 0.15) is 32.2 Å². The Morgan fingerprint density at radius 1 is 1.13 bits per heavy atom. The van der Waals surface area contributed by atoms with Gasteiger partial charge in [0.1, 0.15) is 22.9 Å². The first-order chi connectivity index (χ1) is 18.8. The summed E-state index contributed by atoms with van der Waals surface area (Å²) in [5.74, 6) is 0.718. The average Bonchev–Trinajstić information content (AvgIpc) is 3.46. The van der Waals surface area contributed by atoms with Crippen LogP contribution in [0.5, 0.6) is 5.75 Å². The van der Waals surface area contributed by atoms with Crippen molar-refractivity contribution in [2.45, 2.75) is 39.1 Å². The normalized spacial score (nSPS) is 10.8. The molecule has 0 bridgehead atoms. The molecule has 8 nitrogen and oxygen atoms in total. The molecule has 0 radical (unpaired) electrons. The van der Waals surface area contributed by atoms with Gasteiger partial charge in [0.05, 0.1) is 12.9 Å². The molecular weight excluding hydrogens is 532 g/mol. The number of allylic oxidation sites excluding steroid dienone is 1. The molecule has 1 N–H and O–H groups in total. The van der Waals surface area contributed by atoms with Gasteiger partial charge in [-0.2, -0.15) is 0 Å². The summed E-state index contributed by atoms with van der Waals surface area (Å²) in [7, 11) is 1.33.